The van der Waals surface area contributed by atoms with Crippen LogP contribution >= 0.6 is 0 Å². The number of nitrogens with zero attached hydrogens (tertiary/aromatic N) is 4. The van der Waals surface area contributed by atoms with E-state index >= 15 is 0 Å². The number of fused-ring (bicyclic) bond motifs is 1. The first-order valence-electron chi connectivity index (χ1n) is 5.32. The third kappa shape index (κ3) is 1.63. The van der Waals surface area contributed by atoms with Crippen molar-refractivity contribution in [2.24, 2.45) is 0 Å². The second-order valence-corrected chi connectivity index (χ2v) is 3.89. The fourth-order valence-electron chi connectivity index (χ4n) is 1.93. The Kier molecular flexibility index (Phi) is 2.41. The van der Waals surface area contributed by atoms with Gasteiger partial charge in [0.2, 0.25) is 0 Å². The molecule has 17 heavy (non-hydrogen) atoms. The van der Waals surface area contributed by atoms with Gasteiger partial charge in [0.05, 0.1) is 19.0 Å². The Hall–Kier alpha value is -1.73. The van der Waals surface area contributed by atoms with E-state index in [-0.39, 0.29) is 18.9 Å². The van der Waals surface area contributed by atoms with Crippen molar-refractivity contribution < 1.29 is 9.84 Å². The van der Waals surface area contributed by atoms with Crippen molar-refractivity contribution in [2.45, 2.75) is 18.8 Å². The van der Waals surface area contributed by atoms with Crippen molar-refractivity contribution in [3.05, 3.63) is 19.1 Å². The van der Waals surface area contributed by atoms with Crippen LogP contribution in [-0.4, -0.2) is 37.3 Å². The van der Waals surface area contributed by atoms with Crippen LogP contribution in [0, 0.1) is 6.42 Å². The van der Waals surface area contributed by atoms with Crippen LogP contribution in [0.25, 0.3) is 11.2 Å². The molecule has 0 amide bonds. The summed E-state index contributed by atoms with van der Waals surface area (Å²) in [5.74, 6) is 0.352. The molecule has 7 nitrogen and oxygen atoms in total. The van der Waals surface area contributed by atoms with E-state index in [1.54, 1.807) is 10.9 Å². The summed E-state index contributed by atoms with van der Waals surface area (Å²) >= 11 is 0. The normalized spacial score (nSPS) is 24.5. The number of aromatic nitrogens is 4. The lowest BCUT2D eigenvalue weighted by Crippen LogP contribution is -2.14. The molecule has 1 saturated heterocycles. The second-order valence-electron chi connectivity index (χ2n) is 3.89. The summed E-state index contributed by atoms with van der Waals surface area (Å²) in [7, 11) is 0. The summed E-state index contributed by atoms with van der Waals surface area (Å²) in [4.78, 5) is 12.2. The lowest BCUT2D eigenvalue weighted by molar-refractivity contribution is -0.0140. The zero-order chi connectivity index (χ0) is 11.8. The van der Waals surface area contributed by atoms with Crippen LogP contribution < -0.4 is 5.73 Å². The van der Waals surface area contributed by atoms with Gasteiger partial charge >= 0.3 is 0 Å². The zero-order valence-electron chi connectivity index (χ0n) is 9.02. The minimum absolute atomic E-state index is 0.0107. The first-order valence-corrected chi connectivity index (χ1v) is 5.32. The summed E-state index contributed by atoms with van der Waals surface area (Å²) in [5.41, 5.74) is 6.91. The fraction of sp³-hybridized carbons (Fsp3) is 0.400. The van der Waals surface area contributed by atoms with Crippen LogP contribution in [0.5, 0.6) is 0 Å². The molecular formula is C10H12N5O2. The Labute approximate surface area is 97.3 Å². The SMILES string of the molecule is Nc1ncnc2c1ncn2C1[CH]CC(CO)O1. The van der Waals surface area contributed by atoms with Gasteiger partial charge in [-0.2, -0.15) is 0 Å². The molecule has 0 bridgehead atoms. The lowest BCUT2D eigenvalue weighted by atomic mass is 10.2. The fourth-order valence-corrected chi connectivity index (χ4v) is 1.93. The van der Waals surface area contributed by atoms with E-state index < -0.39 is 0 Å². The van der Waals surface area contributed by atoms with Crippen molar-refractivity contribution in [2.75, 3.05) is 12.3 Å². The molecule has 1 fully saturated rings. The van der Waals surface area contributed by atoms with E-state index in [4.69, 9.17) is 15.6 Å². The maximum atomic E-state index is 9.02. The van der Waals surface area contributed by atoms with Crippen LogP contribution in [0.4, 0.5) is 5.82 Å². The molecule has 0 spiro atoms. The number of rotatable bonds is 2. The highest BCUT2D eigenvalue weighted by atomic mass is 16.5. The molecule has 2 aromatic heterocycles. The third-order valence-electron chi connectivity index (χ3n) is 2.80. The number of hydrogen-bond donors (Lipinski definition) is 2. The number of ether oxygens (including phenoxy) is 1. The lowest BCUT2D eigenvalue weighted by Gasteiger charge is -2.13. The molecule has 3 rings (SSSR count). The van der Waals surface area contributed by atoms with Gasteiger partial charge in [-0.05, 0) is 6.42 Å². The van der Waals surface area contributed by atoms with Gasteiger partial charge in [-0.25, -0.2) is 15.0 Å². The molecule has 0 aromatic carbocycles. The average Bonchev–Trinajstić information content (AvgIpc) is 2.94. The molecule has 2 unspecified atom stereocenters. The van der Waals surface area contributed by atoms with E-state index in [0.717, 1.165) is 0 Å². The monoisotopic (exact) mass is 234 g/mol. The average molecular weight is 234 g/mol. The number of aliphatic hydroxyl groups excluding tert-OH is 1. The largest absolute Gasteiger partial charge is 0.394 e. The number of nitrogens with two attached hydrogens (primary N) is 1. The Morgan fingerprint density at radius 3 is 3.12 bits per heavy atom. The van der Waals surface area contributed by atoms with Crippen molar-refractivity contribution in [1.82, 2.24) is 19.5 Å². The number of anilines is 1. The molecule has 1 radical (unpaired) electrons. The molecule has 3 heterocycles. The maximum Gasteiger partial charge on any atom is 0.167 e. The molecular weight excluding hydrogens is 222 g/mol. The smallest absolute Gasteiger partial charge is 0.167 e. The molecule has 1 aliphatic rings. The number of imidazole rings is 1. The predicted molar refractivity (Wildman–Crippen MR) is 59.6 cm³/mol. The third-order valence-corrected chi connectivity index (χ3v) is 2.80. The highest BCUT2D eigenvalue weighted by Gasteiger charge is 2.27. The van der Waals surface area contributed by atoms with Crippen molar-refractivity contribution in [3.63, 3.8) is 0 Å². The van der Waals surface area contributed by atoms with E-state index in [1.807, 2.05) is 6.42 Å². The van der Waals surface area contributed by atoms with E-state index in [1.165, 1.54) is 6.33 Å². The summed E-state index contributed by atoms with van der Waals surface area (Å²) in [6, 6.07) is 0. The molecule has 0 saturated carbocycles. The van der Waals surface area contributed by atoms with Crippen molar-refractivity contribution in [1.29, 1.82) is 0 Å². The molecule has 0 aliphatic carbocycles. The maximum absolute atomic E-state index is 9.02. The van der Waals surface area contributed by atoms with Gasteiger partial charge in [0.15, 0.2) is 11.5 Å². The summed E-state index contributed by atoms with van der Waals surface area (Å²) in [5, 5.41) is 9.02. The van der Waals surface area contributed by atoms with Crippen molar-refractivity contribution in [3.8, 4) is 0 Å². The van der Waals surface area contributed by atoms with Gasteiger partial charge in [-0.15, -0.1) is 0 Å². The Morgan fingerprint density at radius 2 is 2.35 bits per heavy atom. The Morgan fingerprint density at radius 1 is 1.47 bits per heavy atom. The number of hydrogen-bond acceptors (Lipinski definition) is 6. The second kappa shape index (κ2) is 3.94. The summed E-state index contributed by atoms with van der Waals surface area (Å²) in [6.07, 6.45) is 5.29. The summed E-state index contributed by atoms with van der Waals surface area (Å²) < 4.78 is 7.40. The molecule has 3 N–H and O–H groups in total. The Bertz CT molecular complexity index is 540. The first kappa shape index (κ1) is 10.4. The van der Waals surface area contributed by atoms with Gasteiger partial charge in [0, 0.05) is 6.42 Å². The minimum atomic E-state index is -0.258. The number of aliphatic hydroxyl groups is 1. The molecule has 2 atom stereocenters. The van der Waals surface area contributed by atoms with Gasteiger partial charge in [-0.3, -0.25) is 4.57 Å². The zero-order valence-corrected chi connectivity index (χ0v) is 9.02. The van der Waals surface area contributed by atoms with Crippen molar-refractivity contribution >= 4 is 17.0 Å². The van der Waals surface area contributed by atoms with Gasteiger partial charge in [0.25, 0.3) is 0 Å². The van der Waals surface area contributed by atoms with Crippen LogP contribution in [0.15, 0.2) is 12.7 Å². The summed E-state index contributed by atoms with van der Waals surface area (Å²) in [6.45, 7) is 0.0107. The predicted octanol–water partition coefficient (Wildman–Crippen LogP) is -0.107. The molecule has 2 aromatic rings. The van der Waals surface area contributed by atoms with E-state index in [0.29, 0.717) is 23.4 Å². The van der Waals surface area contributed by atoms with E-state index in [9.17, 15) is 0 Å². The first-order chi connectivity index (χ1) is 8.29. The van der Waals surface area contributed by atoms with Crippen LogP contribution in [0.2, 0.25) is 0 Å². The van der Waals surface area contributed by atoms with Gasteiger partial charge < -0.3 is 15.6 Å². The van der Waals surface area contributed by atoms with Gasteiger partial charge in [0.1, 0.15) is 18.1 Å². The quantitative estimate of drug-likeness (QED) is 0.752. The highest BCUT2D eigenvalue weighted by molar-refractivity contribution is 5.81. The van der Waals surface area contributed by atoms with Crippen LogP contribution in [0.3, 0.4) is 0 Å². The number of nitrogen functional groups attached to an aromatic ring is 1. The topological polar surface area (TPSA) is 99.1 Å². The van der Waals surface area contributed by atoms with Crippen LogP contribution in [-0.2, 0) is 4.74 Å². The highest BCUT2D eigenvalue weighted by Crippen LogP contribution is 2.29. The van der Waals surface area contributed by atoms with E-state index in [2.05, 4.69) is 15.0 Å². The molecule has 89 valence electrons. The van der Waals surface area contributed by atoms with Gasteiger partial charge in [-0.1, -0.05) is 0 Å². The molecule has 1 aliphatic heterocycles. The Balaban J connectivity index is 1.99. The standard InChI is InChI=1S/C10H12N5O2/c11-9-8-10(13-4-12-9)15(5-14-8)7-2-1-6(3-16)17-7/h2,4-7,16H,1,3H2,(H2,11,12,13). The van der Waals surface area contributed by atoms with Crippen LogP contribution in [0.1, 0.15) is 12.6 Å². The molecule has 7 heteroatoms. The minimum Gasteiger partial charge on any atom is -0.394 e.